The molecule has 0 aromatic heterocycles. The zero-order valence-electron chi connectivity index (χ0n) is 9.79. The molecule has 0 aliphatic carbocycles. The lowest BCUT2D eigenvalue weighted by Crippen LogP contribution is -2.38. The average Bonchev–Trinajstić information content (AvgIpc) is 2.17. The number of likely N-dealkylation sites (tertiary alicyclic amines) is 1. The van der Waals surface area contributed by atoms with Crippen molar-refractivity contribution in [1.82, 2.24) is 4.90 Å². The van der Waals surface area contributed by atoms with Crippen molar-refractivity contribution in [3.8, 4) is 0 Å². The first-order valence-corrected chi connectivity index (χ1v) is 6.79. The summed E-state index contributed by atoms with van der Waals surface area (Å²) in [7, 11) is 0. The normalized spacial score (nSPS) is 17.9. The van der Waals surface area contributed by atoms with E-state index in [1.54, 1.807) is 11.8 Å². The zero-order chi connectivity index (χ0) is 11.3. The maximum Gasteiger partial charge on any atom is 0.232 e. The van der Waals surface area contributed by atoms with Gasteiger partial charge in [-0.25, -0.2) is 0 Å². The lowest BCUT2D eigenvalue weighted by molar-refractivity contribution is -0.129. The fraction of sp³-hybridized carbons (Fsp3) is 0.909. The number of amides is 1. The van der Waals surface area contributed by atoms with Gasteiger partial charge in [-0.3, -0.25) is 4.79 Å². The van der Waals surface area contributed by atoms with Gasteiger partial charge in [0.2, 0.25) is 5.91 Å². The third kappa shape index (κ3) is 5.42. The first-order chi connectivity index (χ1) is 6.99. The van der Waals surface area contributed by atoms with Crippen LogP contribution in [0.2, 0.25) is 0 Å². The van der Waals surface area contributed by atoms with E-state index in [1.807, 2.05) is 18.7 Å². The molecular formula is C11H22N2OS. The number of hydrogen-bond acceptors (Lipinski definition) is 3. The molecule has 88 valence electrons. The predicted molar refractivity (Wildman–Crippen MR) is 66.0 cm³/mol. The summed E-state index contributed by atoms with van der Waals surface area (Å²) >= 11 is 1.65. The highest BCUT2D eigenvalue weighted by Gasteiger charge is 2.17. The smallest absolute Gasteiger partial charge is 0.232 e. The van der Waals surface area contributed by atoms with Gasteiger partial charge in [0, 0.05) is 24.4 Å². The molecular weight excluding hydrogens is 208 g/mol. The molecule has 0 saturated carbocycles. The summed E-state index contributed by atoms with van der Waals surface area (Å²) in [5, 5.41) is 0. The van der Waals surface area contributed by atoms with Crippen LogP contribution in [0.4, 0.5) is 0 Å². The number of rotatable bonds is 4. The maximum absolute atomic E-state index is 11.7. The number of thioether (sulfide) groups is 1. The number of nitrogens with zero attached hydrogens (tertiary/aromatic N) is 1. The van der Waals surface area contributed by atoms with Crippen molar-refractivity contribution < 1.29 is 4.79 Å². The van der Waals surface area contributed by atoms with Gasteiger partial charge in [-0.1, -0.05) is 0 Å². The van der Waals surface area contributed by atoms with Crippen molar-refractivity contribution >= 4 is 17.7 Å². The number of hydrogen-bond donors (Lipinski definition) is 1. The largest absolute Gasteiger partial charge is 0.342 e. The highest BCUT2D eigenvalue weighted by atomic mass is 32.2. The van der Waals surface area contributed by atoms with Gasteiger partial charge >= 0.3 is 0 Å². The molecule has 2 N–H and O–H groups in total. The van der Waals surface area contributed by atoms with Crippen molar-refractivity contribution in [2.75, 3.05) is 24.6 Å². The molecule has 0 unspecified atom stereocenters. The van der Waals surface area contributed by atoms with Crippen molar-refractivity contribution in [1.29, 1.82) is 0 Å². The first-order valence-electron chi connectivity index (χ1n) is 5.63. The number of nitrogens with two attached hydrogens (primary N) is 1. The minimum Gasteiger partial charge on any atom is -0.342 e. The van der Waals surface area contributed by atoms with E-state index in [2.05, 4.69) is 0 Å². The fourth-order valence-electron chi connectivity index (χ4n) is 1.64. The number of carbonyl (C=O) groups is 1. The topological polar surface area (TPSA) is 46.3 Å². The average molecular weight is 230 g/mol. The van der Waals surface area contributed by atoms with Crippen molar-refractivity contribution in [2.45, 2.75) is 38.6 Å². The van der Waals surface area contributed by atoms with E-state index in [9.17, 15) is 4.79 Å². The van der Waals surface area contributed by atoms with Crippen LogP contribution in [0.5, 0.6) is 0 Å². The summed E-state index contributed by atoms with van der Waals surface area (Å²) < 4.78 is 0. The molecule has 0 aromatic rings. The molecule has 1 fully saturated rings. The first kappa shape index (κ1) is 12.8. The second-order valence-corrected chi connectivity index (χ2v) is 5.91. The van der Waals surface area contributed by atoms with E-state index in [4.69, 9.17) is 5.73 Å². The lowest BCUT2D eigenvalue weighted by atomic mass is 10.1. The lowest BCUT2D eigenvalue weighted by Gasteiger charge is -2.27. The van der Waals surface area contributed by atoms with E-state index in [1.165, 1.54) is 19.3 Å². The van der Waals surface area contributed by atoms with E-state index in [-0.39, 0.29) is 11.4 Å². The predicted octanol–water partition coefficient (Wildman–Crippen LogP) is 1.47. The van der Waals surface area contributed by atoms with Gasteiger partial charge in [-0.2, -0.15) is 11.8 Å². The SMILES string of the molecule is CC(C)(N)CSCC(=O)N1CCCCC1. The van der Waals surface area contributed by atoms with Crippen LogP contribution in [0, 0.1) is 0 Å². The Morgan fingerprint density at radius 1 is 1.33 bits per heavy atom. The summed E-state index contributed by atoms with van der Waals surface area (Å²) in [6.45, 7) is 5.88. The summed E-state index contributed by atoms with van der Waals surface area (Å²) in [5.74, 6) is 1.71. The van der Waals surface area contributed by atoms with Crippen LogP contribution in [-0.4, -0.2) is 40.9 Å². The quantitative estimate of drug-likeness (QED) is 0.795. The molecule has 1 saturated heterocycles. The fourth-order valence-corrected chi connectivity index (χ4v) is 2.62. The molecule has 0 bridgehead atoms. The summed E-state index contributed by atoms with van der Waals surface area (Å²) in [5.41, 5.74) is 5.68. The van der Waals surface area contributed by atoms with Gasteiger partial charge in [0.05, 0.1) is 5.75 Å². The minimum absolute atomic E-state index is 0.174. The van der Waals surface area contributed by atoms with Crippen LogP contribution >= 0.6 is 11.8 Å². The Morgan fingerprint density at radius 3 is 2.47 bits per heavy atom. The molecule has 1 heterocycles. The van der Waals surface area contributed by atoms with Gasteiger partial charge in [0.25, 0.3) is 0 Å². The molecule has 0 aromatic carbocycles. The molecule has 0 spiro atoms. The standard InChI is InChI=1S/C11H22N2OS/c1-11(2,12)9-15-8-10(14)13-6-4-3-5-7-13/h3-9,12H2,1-2H3. The van der Waals surface area contributed by atoms with E-state index >= 15 is 0 Å². The molecule has 15 heavy (non-hydrogen) atoms. The molecule has 0 radical (unpaired) electrons. The second-order valence-electron chi connectivity index (χ2n) is 4.92. The third-order valence-corrected chi connectivity index (χ3v) is 3.81. The van der Waals surface area contributed by atoms with Crippen LogP contribution < -0.4 is 5.73 Å². The number of carbonyl (C=O) groups excluding carboxylic acids is 1. The second kappa shape index (κ2) is 5.75. The Bertz CT molecular complexity index is 207. The van der Waals surface area contributed by atoms with Gasteiger partial charge in [-0.15, -0.1) is 0 Å². The van der Waals surface area contributed by atoms with Gasteiger partial charge in [0.15, 0.2) is 0 Å². The van der Waals surface area contributed by atoms with Gasteiger partial charge in [0.1, 0.15) is 0 Å². The van der Waals surface area contributed by atoms with Crippen LogP contribution in [0.1, 0.15) is 33.1 Å². The summed E-state index contributed by atoms with van der Waals surface area (Å²) in [4.78, 5) is 13.7. The molecule has 1 aliphatic heterocycles. The maximum atomic E-state index is 11.7. The van der Waals surface area contributed by atoms with Gasteiger partial charge in [-0.05, 0) is 33.1 Å². The molecule has 1 amide bonds. The van der Waals surface area contributed by atoms with Crippen LogP contribution in [0.3, 0.4) is 0 Å². The van der Waals surface area contributed by atoms with Crippen molar-refractivity contribution in [3.63, 3.8) is 0 Å². The Labute approximate surface area is 96.8 Å². The third-order valence-electron chi connectivity index (χ3n) is 2.41. The number of piperidine rings is 1. The highest BCUT2D eigenvalue weighted by molar-refractivity contribution is 8.00. The monoisotopic (exact) mass is 230 g/mol. The molecule has 3 nitrogen and oxygen atoms in total. The van der Waals surface area contributed by atoms with Crippen molar-refractivity contribution in [3.05, 3.63) is 0 Å². The molecule has 1 rings (SSSR count). The van der Waals surface area contributed by atoms with Crippen molar-refractivity contribution in [2.24, 2.45) is 5.73 Å². The Kier molecular flexibility index (Phi) is 4.93. The Balaban J connectivity index is 2.17. The zero-order valence-corrected chi connectivity index (χ0v) is 10.6. The summed E-state index contributed by atoms with van der Waals surface area (Å²) in [6.07, 6.45) is 3.60. The molecule has 0 atom stereocenters. The van der Waals surface area contributed by atoms with Crippen LogP contribution in [0.15, 0.2) is 0 Å². The van der Waals surface area contributed by atoms with E-state index < -0.39 is 0 Å². The molecule has 4 heteroatoms. The van der Waals surface area contributed by atoms with Crippen LogP contribution in [-0.2, 0) is 4.79 Å². The highest BCUT2D eigenvalue weighted by Crippen LogP contribution is 2.13. The minimum atomic E-state index is -0.174. The van der Waals surface area contributed by atoms with Gasteiger partial charge < -0.3 is 10.6 Å². The van der Waals surface area contributed by atoms with E-state index in [0.717, 1.165) is 18.8 Å². The van der Waals surface area contributed by atoms with E-state index in [0.29, 0.717) is 5.75 Å². The molecule has 1 aliphatic rings. The summed E-state index contributed by atoms with van der Waals surface area (Å²) in [6, 6.07) is 0. The Morgan fingerprint density at radius 2 is 1.93 bits per heavy atom. The Hall–Kier alpha value is -0.220. The van der Waals surface area contributed by atoms with Crippen LogP contribution in [0.25, 0.3) is 0 Å².